The second-order valence-electron chi connectivity index (χ2n) is 4.75. The SMILES string of the molecule is Nc1nccc(-c2c[nH]c3nccc(OCCC(F)(F)F)c23)n1. The van der Waals surface area contributed by atoms with Crippen molar-refractivity contribution in [3.8, 4) is 17.0 Å². The van der Waals surface area contributed by atoms with E-state index in [1.807, 2.05) is 0 Å². The van der Waals surface area contributed by atoms with Crippen LogP contribution in [-0.4, -0.2) is 32.7 Å². The van der Waals surface area contributed by atoms with E-state index in [4.69, 9.17) is 10.5 Å². The number of alkyl halides is 3. The zero-order chi connectivity index (χ0) is 16.4. The smallest absolute Gasteiger partial charge is 0.392 e. The topological polar surface area (TPSA) is 89.7 Å². The molecule has 0 aliphatic carbocycles. The quantitative estimate of drug-likeness (QED) is 0.770. The van der Waals surface area contributed by atoms with Crippen molar-refractivity contribution in [1.29, 1.82) is 0 Å². The first-order valence-corrected chi connectivity index (χ1v) is 6.68. The van der Waals surface area contributed by atoms with Crippen LogP contribution in [-0.2, 0) is 0 Å². The molecule has 120 valence electrons. The highest BCUT2D eigenvalue weighted by atomic mass is 19.4. The fourth-order valence-corrected chi connectivity index (χ4v) is 2.15. The summed E-state index contributed by atoms with van der Waals surface area (Å²) >= 11 is 0. The van der Waals surface area contributed by atoms with Gasteiger partial charge in [0.25, 0.3) is 0 Å². The maximum absolute atomic E-state index is 12.3. The highest BCUT2D eigenvalue weighted by Gasteiger charge is 2.27. The van der Waals surface area contributed by atoms with Crippen LogP contribution in [0.15, 0.2) is 30.7 Å². The number of anilines is 1. The van der Waals surface area contributed by atoms with Crippen molar-refractivity contribution in [3.63, 3.8) is 0 Å². The number of pyridine rings is 1. The molecular formula is C14H12F3N5O. The Kier molecular flexibility index (Phi) is 3.77. The van der Waals surface area contributed by atoms with Gasteiger partial charge in [0, 0.05) is 24.2 Å². The number of rotatable bonds is 4. The van der Waals surface area contributed by atoms with Crippen molar-refractivity contribution < 1.29 is 17.9 Å². The van der Waals surface area contributed by atoms with Crippen molar-refractivity contribution >= 4 is 17.0 Å². The Morgan fingerprint density at radius 2 is 1.96 bits per heavy atom. The van der Waals surface area contributed by atoms with Crippen LogP contribution in [0.2, 0.25) is 0 Å². The number of hydrogen-bond donors (Lipinski definition) is 2. The molecule has 23 heavy (non-hydrogen) atoms. The lowest BCUT2D eigenvalue weighted by molar-refractivity contribution is -0.139. The van der Waals surface area contributed by atoms with Gasteiger partial charge in [-0.3, -0.25) is 0 Å². The minimum atomic E-state index is -4.27. The lowest BCUT2D eigenvalue weighted by Crippen LogP contribution is -2.13. The standard InChI is InChI=1S/C14H12F3N5O/c15-14(16,17)3-6-23-10-2-5-19-12-11(10)8(7-21-12)9-1-4-20-13(18)22-9/h1-2,4-5,7H,3,6H2,(H,19,21)(H2,18,20,22). The van der Waals surface area contributed by atoms with Gasteiger partial charge in [-0.25, -0.2) is 15.0 Å². The van der Waals surface area contributed by atoms with Gasteiger partial charge >= 0.3 is 6.18 Å². The molecule has 0 saturated carbocycles. The molecule has 3 heterocycles. The first kappa shape index (κ1) is 15.1. The number of ether oxygens (including phenoxy) is 1. The van der Waals surface area contributed by atoms with Gasteiger partial charge in [0.05, 0.1) is 24.1 Å². The van der Waals surface area contributed by atoms with Gasteiger partial charge in [-0.15, -0.1) is 0 Å². The number of H-pyrrole nitrogens is 1. The molecule has 0 fully saturated rings. The molecular weight excluding hydrogens is 311 g/mol. The molecule has 0 radical (unpaired) electrons. The Morgan fingerprint density at radius 1 is 1.17 bits per heavy atom. The Bertz CT molecular complexity index is 831. The highest BCUT2D eigenvalue weighted by Crippen LogP contribution is 2.34. The first-order valence-electron chi connectivity index (χ1n) is 6.68. The number of nitrogen functional groups attached to an aromatic ring is 1. The Balaban J connectivity index is 1.97. The minimum Gasteiger partial charge on any atom is -0.492 e. The molecule has 3 N–H and O–H groups in total. The summed E-state index contributed by atoms with van der Waals surface area (Å²) in [7, 11) is 0. The predicted octanol–water partition coefficient (Wildman–Crippen LogP) is 2.93. The van der Waals surface area contributed by atoms with Gasteiger partial charge in [0.1, 0.15) is 11.4 Å². The van der Waals surface area contributed by atoms with Gasteiger partial charge in [0.15, 0.2) is 0 Å². The largest absolute Gasteiger partial charge is 0.492 e. The number of aromatic amines is 1. The molecule has 0 amide bonds. The Hall–Kier alpha value is -2.84. The lowest BCUT2D eigenvalue weighted by Gasteiger charge is -2.10. The summed E-state index contributed by atoms with van der Waals surface area (Å²) < 4.78 is 42.1. The fraction of sp³-hybridized carbons (Fsp3) is 0.214. The molecule has 0 bridgehead atoms. The molecule has 3 aromatic rings. The van der Waals surface area contributed by atoms with Crippen LogP contribution in [0.1, 0.15) is 6.42 Å². The average Bonchev–Trinajstić information content (AvgIpc) is 2.91. The summed E-state index contributed by atoms with van der Waals surface area (Å²) in [5.41, 5.74) is 7.21. The third-order valence-corrected chi connectivity index (χ3v) is 3.13. The van der Waals surface area contributed by atoms with Crippen LogP contribution >= 0.6 is 0 Å². The monoisotopic (exact) mass is 323 g/mol. The van der Waals surface area contributed by atoms with E-state index in [1.165, 1.54) is 18.5 Å². The fourth-order valence-electron chi connectivity index (χ4n) is 2.15. The van der Waals surface area contributed by atoms with E-state index < -0.39 is 19.2 Å². The molecule has 0 unspecified atom stereocenters. The molecule has 0 aliphatic rings. The summed E-state index contributed by atoms with van der Waals surface area (Å²) in [6.07, 6.45) is -0.696. The van der Waals surface area contributed by atoms with E-state index in [0.29, 0.717) is 28.0 Å². The van der Waals surface area contributed by atoms with Gasteiger partial charge < -0.3 is 15.5 Å². The second kappa shape index (κ2) is 5.75. The van der Waals surface area contributed by atoms with Crippen molar-refractivity contribution in [2.24, 2.45) is 0 Å². The average molecular weight is 323 g/mol. The summed E-state index contributed by atoms with van der Waals surface area (Å²) in [6.45, 7) is -0.473. The number of nitrogens with two attached hydrogens (primary N) is 1. The van der Waals surface area contributed by atoms with Crippen LogP contribution in [0.5, 0.6) is 5.75 Å². The number of nitrogens with one attached hydrogen (secondary N) is 1. The minimum absolute atomic E-state index is 0.0975. The molecule has 0 saturated heterocycles. The van der Waals surface area contributed by atoms with Gasteiger partial charge in [-0.2, -0.15) is 13.2 Å². The summed E-state index contributed by atoms with van der Waals surface area (Å²) in [5, 5.41) is 0.549. The van der Waals surface area contributed by atoms with Crippen LogP contribution < -0.4 is 10.5 Å². The van der Waals surface area contributed by atoms with E-state index in [0.717, 1.165) is 0 Å². The van der Waals surface area contributed by atoms with Crippen molar-refractivity contribution in [3.05, 3.63) is 30.7 Å². The summed E-state index contributed by atoms with van der Waals surface area (Å²) in [6, 6.07) is 3.16. The number of halogens is 3. The highest BCUT2D eigenvalue weighted by molar-refractivity contribution is 5.97. The normalized spacial score (nSPS) is 11.8. The number of aromatic nitrogens is 4. The zero-order valence-electron chi connectivity index (χ0n) is 11.8. The molecule has 0 atom stereocenters. The number of hydrogen-bond acceptors (Lipinski definition) is 5. The lowest BCUT2D eigenvalue weighted by atomic mass is 10.1. The number of fused-ring (bicyclic) bond motifs is 1. The third-order valence-electron chi connectivity index (χ3n) is 3.13. The van der Waals surface area contributed by atoms with Crippen molar-refractivity contribution in [1.82, 2.24) is 19.9 Å². The Morgan fingerprint density at radius 3 is 2.70 bits per heavy atom. The molecule has 0 spiro atoms. The molecule has 9 heteroatoms. The van der Waals surface area contributed by atoms with Crippen molar-refractivity contribution in [2.45, 2.75) is 12.6 Å². The maximum Gasteiger partial charge on any atom is 0.392 e. The van der Waals surface area contributed by atoms with E-state index in [2.05, 4.69) is 19.9 Å². The van der Waals surface area contributed by atoms with Crippen LogP contribution in [0.4, 0.5) is 19.1 Å². The molecule has 3 aromatic heterocycles. The third kappa shape index (κ3) is 3.33. The summed E-state index contributed by atoms with van der Waals surface area (Å²) in [5.74, 6) is 0.396. The van der Waals surface area contributed by atoms with Crippen LogP contribution in [0.3, 0.4) is 0 Å². The predicted molar refractivity (Wildman–Crippen MR) is 77.7 cm³/mol. The molecule has 6 nitrogen and oxygen atoms in total. The van der Waals surface area contributed by atoms with Crippen LogP contribution in [0, 0.1) is 0 Å². The number of nitrogens with zero attached hydrogens (tertiary/aromatic N) is 3. The van der Waals surface area contributed by atoms with E-state index in [-0.39, 0.29) is 5.95 Å². The van der Waals surface area contributed by atoms with Gasteiger partial charge in [-0.05, 0) is 12.1 Å². The Labute approximate surface area is 128 Å². The van der Waals surface area contributed by atoms with Crippen molar-refractivity contribution in [2.75, 3.05) is 12.3 Å². The molecule has 0 aromatic carbocycles. The maximum atomic E-state index is 12.3. The first-order chi connectivity index (χ1) is 10.9. The van der Waals surface area contributed by atoms with E-state index in [9.17, 15) is 13.2 Å². The second-order valence-corrected chi connectivity index (χ2v) is 4.75. The zero-order valence-corrected chi connectivity index (χ0v) is 11.8. The summed E-state index contributed by atoms with van der Waals surface area (Å²) in [4.78, 5) is 15.0. The van der Waals surface area contributed by atoms with E-state index >= 15 is 0 Å². The van der Waals surface area contributed by atoms with Crippen LogP contribution in [0.25, 0.3) is 22.3 Å². The van der Waals surface area contributed by atoms with E-state index in [1.54, 1.807) is 12.3 Å². The molecule has 0 aliphatic heterocycles. The van der Waals surface area contributed by atoms with Gasteiger partial charge in [0.2, 0.25) is 5.95 Å². The van der Waals surface area contributed by atoms with Gasteiger partial charge in [-0.1, -0.05) is 0 Å². The molecule has 3 rings (SSSR count).